The highest BCUT2D eigenvalue weighted by molar-refractivity contribution is 5.54. The zero-order valence-corrected chi connectivity index (χ0v) is 14.4. The van der Waals surface area contributed by atoms with Crippen LogP contribution in [0.15, 0.2) is 18.2 Å². The predicted molar refractivity (Wildman–Crippen MR) is 93.5 cm³/mol. The van der Waals surface area contributed by atoms with Gasteiger partial charge in [0.05, 0.1) is 0 Å². The number of hydrogen-bond donors (Lipinski definition) is 1. The first-order valence-electron chi connectivity index (χ1n) is 8.71. The number of aromatic hydroxyl groups is 1. The first-order chi connectivity index (χ1) is 10.1. The summed E-state index contributed by atoms with van der Waals surface area (Å²) in [6, 6.07) is 6.27. The van der Waals surface area contributed by atoms with E-state index in [0.717, 1.165) is 31.5 Å². The molecular weight excluding hydrogens is 258 g/mol. The Balaban J connectivity index is 2.86. The molecule has 2 nitrogen and oxygen atoms in total. The van der Waals surface area contributed by atoms with Gasteiger partial charge in [0.2, 0.25) is 0 Å². The summed E-state index contributed by atoms with van der Waals surface area (Å²) in [7, 11) is 0. The average molecular weight is 291 g/mol. The lowest BCUT2D eigenvalue weighted by atomic mass is 9.95. The van der Waals surface area contributed by atoms with Gasteiger partial charge in [0.15, 0.2) is 0 Å². The van der Waals surface area contributed by atoms with Crippen molar-refractivity contribution < 1.29 is 5.11 Å². The second kappa shape index (κ2) is 9.70. The highest BCUT2D eigenvalue weighted by Crippen LogP contribution is 2.32. The number of unbranched alkanes of at least 4 members (excludes halogenated alkanes) is 2. The van der Waals surface area contributed by atoms with E-state index in [4.69, 9.17) is 0 Å². The van der Waals surface area contributed by atoms with Gasteiger partial charge in [-0.15, -0.1) is 0 Å². The third-order valence-corrected chi connectivity index (χ3v) is 4.19. The summed E-state index contributed by atoms with van der Waals surface area (Å²) in [6.07, 6.45) is 7.11. The summed E-state index contributed by atoms with van der Waals surface area (Å²) in [5, 5.41) is 10.4. The van der Waals surface area contributed by atoms with Crippen LogP contribution < -0.4 is 4.90 Å². The highest BCUT2D eigenvalue weighted by atomic mass is 16.3. The second-order valence-corrected chi connectivity index (χ2v) is 6.13. The van der Waals surface area contributed by atoms with Crippen molar-refractivity contribution in [3.8, 4) is 5.75 Å². The van der Waals surface area contributed by atoms with Crippen LogP contribution in [-0.4, -0.2) is 18.2 Å². The van der Waals surface area contributed by atoms with E-state index in [0.29, 0.717) is 11.7 Å². The lowest BCUT2D eigenvalue weighted by Gasteiger charge is -2.26. The van der Waals surface area contributed by atoms with Crippen molar-refractivity contribution in [2.45, 2.75) is 72.1 Å². The molecule has 1 N–H and O–H groups in total. The van der Waals surface area contributed by atoms with Crippen molar-refractivity contribution in [2.24, 2.45) is 0 Å². The second-order valence-electron chi connectivity index (χ2n) is 6.13. The molecule has 0 heterocycles. The van der Waals surface area contributed by atoms with E-state index in [9.17, 15) is 5.11 Å². The Morgan fingerprint density at radius 2 is 1.62 bits per heavy atom. The van der Waals surface area contributed by atoms with E-state index in [1.54, 1.807) is 0 Å². The van der Waals surface area contributed by atoms with Gasteiger partial charge in [-0.25, -0.2) is 0 Å². The smallest absolute Gasteiger partial charge is 0.121 e. The lowest BCUT2D eigenvalue weighted by molar-refractivity contribution is 0.460. The van der Waals surface area contributed by atoms with Crippen LogP contribution in [0.1, 0.15) is 77.7 Å². The fraction of sp³-hybridized carbons (Fsp3) is 0.684. The summed E-state index contributed by atoms with van der Waals surface area (Å²) in [5.74, 6) is 0.898. The minimum Gasteiger partial charge on any atom is -0.508 e. The number of phenols is 1. The van der Waals surface area contributed by atoms with E-state index in [1.165, 1.54) is 31.4 Å². The highest BCUT2D eigenvalue weighted by Gasteiger charge is 2.13. The third-order valence-electron chi connectivity index (χ3n) is 4.19. The van der Waals surface area contributed by atoms with Crippen molar-refractivity contribution in [1.82, 2.24) is 0 Å². The molecule has 0 saturated heterocycles. The topological polar surface area (TPSA) is 23.5 Å². The molecule has 1 aromatic rings. The first-order valence-corrected chi connectivity index (χ1v) is 8.71. The molecule has 120 valence electrons. The maximum atomic E-state index is 10.4. The van der Waals surface area contributed by atoms with Gasteiger partial charge in [0.1, 0.15) is 5.75 Å². The number of anilines is 1. The molecule has 0 saturated carbocycles. The van der Waals surface area contributed by atoms with E-state index >= 15 is 0 Å². The van der Waals surface area contributed by atoms with Crippen LogP contribution in [0.4, 0.5) is 5.69 Å². The van der Waals surface area contributed by atoms with E-state index in [2.05, 4.69) is 44.7 Å². The van der Waals surface area contributed by atoms with Crippen LogP contribution in [0.3, 0.4) is 0 Å². The van der Waals surface area contributed by atoms with Gasteiger partial charge >= 0.3 is 0 Å². The molecule has 21 heavy (non-hydrogen) atoms. The molecule has 0 radical (unpaired) electrons. The molecule has 0 fully saturated rings. The van der Waals surface area contributed by atoms with Gasteiger partial charge in [-0.3, -0.25) is 0 Å². The molecule has 1 unspecified atom stereocenters. The van der Waals surface area contributed by atoms with Gasteiger partial charge in [-0.1, -0.05) is 53.0 Å². The average Bonchev–Trinajstić information content (AvgIpc) is 2.47. The summed E-state index contributed by atoms with van der Waals surface area (Å²) < 4.78 is 0. The van der Waals surface area contributed by atoms with Crippen LogP contribution in [0.2, 0.25) is 0 Å². The van der Waals surface area contributed by atoms with E-state index in [-0.39, 0.29) is 0 Å². The summed E-state index contributed by atoms with van der Waals surface area (Å²) in [4.78, 5) is 2.42. The van der Waals surface area contributed by atoms with Crippen LogP contribution in [-0.2, 0) is 0 Å². The summed E-state index contributed by atoms with van der Waals surface area (Å²) in [5.41, 5.74) is 2.26. The molecule has 1 atom stereocenters. The molecule has 0 amide bonds. The third kappa shape index (κ3) is 5.61. The fourth-order valence-corrected chi connectivity index (χ4v) is 2.80. The zero-order chi connectivity index (χ0) is 15.7. The van der Waals surface area contributed by atoms with E-state index in [1.807, 2.05) is 6.07 Å². The van der Waals surface area contributed by atoms with Gasteiger partial charge < -0.3 is 10.0 Å². The van der Waals surface area contributed by atoms with Crippen LogP contribution in [0.5, 0.6) is 5.75 Å². The monoisotopic (exact) mass is 291 g/mol. The number of nitrogens with zero attached hydrogens (tertiary/aromatic N) is 1. The SMILES string of the molecule is CCCCN(CCCC)c1ccc(C(C)CCC)c(O)c1. The molecule has 0 aliphatic rings. The number of benzene rings is 1. The largest absolute Gasteiger partial charge is 0.508 e. The predicted octanol–water partition coefficient (Wildman–Crippen LogP) is 5.70. The summed E-state index contributed by atoms with van der Waals surface area (Å²) in [6.45, 7) is 11.0. The maximum absolute atomic E-state index is 10.4. The molecular formula is C19H33NO. The Labute approximate surface area is 131 Å². The molecule has 0 aliphatic carbocycles. The molecule has 0 bridgehead atoms. The molecule has 0 spiro atoms. The minimum atomic E-state index is 0.434. The molecule has 1 rings (SSSR count). The van der Waals surface area contributed by atoms with Crippen molar-refractivity contribution in [2.75, 3.05) is 18.0 Å². The standard InChI is InChI=1S/C19H33NO/c1-5-8-13-20(14-9-6-2)17-11-12-18(19(21)15-17)16(4)10-7-3/h11-12,15-16,21H,5-10,13-14H2,1-4H3. The van der Waals surface area contributed by atoms with Crippen LogP contribution in [0.25, 0.3) is 0 Å². The van der Waals surface area contributed by atoms with E-state index < -0.39 is 0 Å². The van der Waals surface area contributed by atoms with Crippen molar-refractivity contribution in [3.63, 3.8) is 0 Å². The Morgan fingerprint density at radius 3 is 2.10 bits per heavy atom. The number of phenolic OH excluding ortho intramolecular Hbond substituents is 1. The van der Waals surface area contributed by atoms with Gasteiger partial charge in [0, 0.05) is 24.8 Å². The molecule has 0 aliphatic heterocycles. The van der Waals surface area contributed by atoms with Gasteiger partial charge in [-0.2, -0.15) is 0 Å². The van der Waals surface area contributed by atoms with Crippen molar-refractivity contribution in [3.05, 3.63) is 23.8 Å². The normalized spacial score (nSPS) is 12.4. The quantitative estimate of drug-likeness (QED) is 0.597. The van der Waals surface area contributed by atoms with Crippen molar-refractivity contribution in [1.29, 1.82) is 0 Å². The molecule has 1 aromatic carbocycles. The molecule has 0 aromatic heterocycles. The Kier molecular flexibility index (Phi) is 8.26. The molecule has 2 heteroatoms. The maximum Gasteiger partial charge on any atom is 0.121 e. The Hall–Kier alpha value is -1.18. The first kappa shape index (κ1) is 17.9. The minimum absolute atomic E-state index is 0.434. The van der Waals surface area contributed by atoms with Gasteiger partial charge in [-0.05, 0) is 36.8 Å². The number of rotatable bonds is 10. The van der Waals surface area contributed by atoms with Crippen LogP contribution >= 0.6 is 0 Å². The number of hydrogen-bond acceptors (Lipinski definition) is 2. The Bertz CT molecular complexity index is 395. The Morgan fingerprint density at radius 1 is 1.00 bits per heavy atom. The fourth-order valence-electron chi connectivity index (χ4n) is 2.80. The van der Waals surface area contributed by atoms with Crippen LogP contribution in [0, 0.1) is 0 Å². The summed E-state index contributed by atoms with van der Waals surface area (Å²) >= 11 is 0. The zero-order valence-electron chi connectivity index (χ0n) is 14.4. The van der Waals surface area contributed by atoms with Crippen molar-refractivity contribution >= 4 is 5.69 Å². The lowest BCUT2D eigenvalue weighted by Crippen LogP contribution is -2.25. The van der Waals surface area contributed by atoms with Gasteiger partial charge in [0.25, 0.3) is 0 Å².